The van der Waals surface area contributed by atoms with Gasteiger partial charge >= 0.3 is 0 Å². The van der Waals surface area contributed by atoms with Gasteiger partial charge in [-0.2, -0.15) is 11.3 Å². The van der Waals surface area contributed by atoms with Gasteiger partial charge in [0.25, 0.3) is 0 Å². The molecule has 2 atom stereocenters. The second-order valence-corrected chi connectivity index (χ2v) is 6.11. The van der Waals surface area contributed by atoms with Gasteiger partial charge in [-0.05, 0) is 54.7 Å². The molecule has 3 rings (SSSR count). The van der Waals surface area contributed by atoms with Crippen molar-refractivity contribution in [3.8, 4) is 0 Å². The Bertz CT molecular complexity index is 355. The number of nitrogens with zero attached hydrogens (tertiary/aromatic N) is 1. The van der Waals surface area contributed by atoms with Crippen LogP contribution in [0.5, 0.6) is 0 Å². The standard InChI is InChI=1S/C14H22N2OS/c1-2-13-10-17-14(9-16(13)6-1)8-15-5-3-12-4-7-18-11-12/h4,7,11,13-15H,1-3,5-6,8-10H2. The average molecular weight is 266 g/mol. The largest absolute Gasteiger partial charge is 0.374 e. The predicted octanol–water partition coefficient (Wildman–Crippen LogP) is 1.74. The Labute approximate surface area is 113 Å². The van der Waals surface area contributed by atoms with Crippen LogP contribution in [-0.4, -0.2) is 49.8 Å². The van der Waals surface area contributed by atoms with Crippen LogP contribution in [0.2, 0.25) is 0 Å². The van der Waals surface area contributed by atoms with Crippen molar-refractivity contribution < 1.29 is 4.74 Å². The summed E-state index contributed by atoms with van der Waals surface area (Å²) in [7, 11) is 0. The fourth-order valence-corrected chi connectivity index (χ4v) is 3.64. The van der Waals surface area contributed by atoms with Crippen LogP contribution in [0.15, 0.2) is 16.8 Å². The number of nitrogens with one attached hydrogen (secondary N) is 1. The van der Waals surface area contributed by atoms with Gasteiger partial charge in [0.15, 0.2) is 0 Å². The van der Waals surface area contributed by atoms with Crippen molar-refractivity contribution in [2.24, 2.45) is 0 Å². The van der Waals surface area contributed by atoms with Crippen LogP contribution in [0.25, 0.3) is 0 Å². The topological polar surface area (TPSA) is 24.5 Å². The van der Waals surface area contributed by atoms with Crippen LogP contribution in [-0.2, 0) is 11.2 Å². The summed E-state index contributed by atoms with van der Waals surface area (Å²) in [5.74, 6) is 0. The first-order valence-electron chi connectivity index (χ1n) is 6.99. The quantitative estimate of drug-likeness (QED) is 0.822. The molecule has 1 N–H and O–H groups in total. The molecule has 100 valence electrons. The van der Waals surface area contributed by atoms with Crippen molar-refractivity contribution in [1.29, 1.82) is 0 Å². The Morgan fingerprint density at radius 3 is 3.39 bits per heavy atom. The lowest BCUT2D eigenvalue weighted by Crippen LogP contribution is -2.49. The molecule has 0 spiro atoms. The maximum absolute atomic E-state index is 5.93. The Hall–Kier alpha value is -0.420. The number of hydrogen-bond donors (Lipinski definition) is 1. The number of hydrogen-bond acceptors (Lipinski definition) is 4. The fourth-order valence-electron chi connectivity index (χ4n) is 2.94. The molecule has 3 heterocycles. The highest BCUT2D eigenvalue weighted by atomic mass is 32.1. The third kappa shape index (κ3) is 3.12. The molecule has 0 bridgehead atoms. The second kappa shape index (κ2) is 6.15. The second-order valence-electron chi connectivity index (χ2n) is 5.33. The Morgan fingerprint density at radius 1 is 1.50 bits per heavy atom. The molecular weight excluding hydrogens is 244 g/mol. The zero-order valence-electron chi connectivity index (χ0n) is 10.8. The van der Waals surface area contributed by atoms with Gasteiger partial charge in [0, 0.05) is 19.1 Å². The lowest BCUT2D eigenvalue weighted by Gasteiger charge is -2.35. The van der Waals surface area contributed by atoms with Crippen molar-refractivity contribution in [1.82, 2.24) is 10.2 Å². The van der Waals surface area contributed by atoms with Crippen LogP contribution in [0.1, 0.15) is 18.4 Å². The molecule has 1 aromatic rings. The number of morpholine rings is 1. The van der Waals surface area contributed by atoms with Gasteiger partial charge in [0.2, 0.25) is 0 Å². The zero-order chi connectivity index (χ0) is 12.2. The third-order valence-corrected chi connectivity index (χ3v) is 4.74. The molecular formula is C14H22N2OS. The van der Waals surface area contributed by atoms with E-state index in [0.717, 1.165) is 32.7 Å². The van der Waals surface area contributed by atoms with Gasteiger partial charge in [-0.25, -0.2) is 0 Å². The van der Waals surface area contributed by atoms with E-state index in [1.54, 1.807) is 11.3 Å². The van der Waals surface area contributed by atoms with Gasteiger partial charge in [-0.15, -0.1) is 0 Å². The minimum atomic E-state index is 0.391. The number of fused-ring (bicyclic) bond motifs is 1. The van der Waals surface area contributed by atoms with Crippen LogP contribution in [0.4, 0.5) is 0 Å². The molecule has 18 heavy (non-hydrogen) atoms. The van der Waals surface area contributed by atoms with Gasteiger partial charge in [0.1, 0.15) is 0 Å². The van der Waals surface area contributed by atoms with E-state index < -0.39 is 0 Å². The highest BCUT2D eigenvalue weighted by Crippen LogP contribution is 2.22. The Balaban J connectivity index is 1.34. The van der Waals surface area contributed by atoms with Gasteiger partial charge in [-0.3, -0.25) is 4.90 Å². The maximum atomic E-state index is 5.93. The van der Waals surface area contributed by atoms with Crippen LogP contribution in [0.3, 0.4) is 0 Å². The first kappa shape index (κ1) is 12.6. The van der Waals surface area contributed by atoms with Crippen LogP contribution >= 0.6 is 11.3 Å². The van der Waals surface area contributed by atoms with E-state index in [1.807, 2.05) is 0 Å². The molecule has 2 unspecified atom stereocenters. The maximum Gasteiger partial charge on any atom is 0.0826 e. The molecule has 0 saturated carbocycles. The summed E-state index contributed by atoms with van der Waals surface area (Å²) in [6.45, 7) is 5.39. The van der Waals surface area contributed by atoms with E-state index in [0.29, 0.717) is 12.1 Å². The molecule has 4 heteroatoms. The molecule has 0 amide bonds. The summed E-state index contributed by atoms with van der Waals surface area (Å²) >= 11 is 1.78. The van der Waals surface area contributed by atoms with Gasteiger partial charge in [0.05, 0.1) is 12.7 Å². The summed E-state index contributed by atoms with van der Waals surface area (Å²) in [4.78, 5) is 2.61. The van der Waals surface area contributed by atoms with E-state index >= 15 is 0 Å². The van der Waals surface area contributed by atoms with Crippen molar-refractivity contribution in [3.63, 3.8) is 0 Å². The van der Waals surface area contributed by atoms with Crippen molar-refractivity contribution in [2.45, 2.75) is 31.4 Å². The molecule has 3 nitrogen and oxygen atoms in total. The Morgan fingerprint density at radius 2 is 2.50 bits per heavy atom. The van der Waals surface area contributed by atoms with E-state index in [2.05, 4.69) is 27.0 Å². The highest BCUT2D eigenvalue weighted by molar-refractivity contribution is 7.07. The summed E-state index contributed by atoms with van der Waals surface area (Å²) in [6.07, 6.45) is 4.20. The third-order valence-electron chi connectivity index (χ3n) is 4.00. The predicted molar refractivity (Wildman–Crippen MR) is 75.2 cm³/mol. The first-order valence-corrected chi connectivity index (χ1v) is 7.93. The monoisotopic (exact) mass is 266 g/mol. The number of thiophene rings is 1. The fraction of sp³-hybridized carbons (Fsp3) is 0.714. The molecule has 0 aliphatic carbocycles. The van der Waals surface area contributed by atoms with E-state index in [4.69, 9.17) is 4.74 Å². The summed E-state index contributed by atoms with van der Waals surface area (Å²) in [5, 5.41) is 7.90. The van der Waals surface area contributed by atoms with Crippen molar-refractivity contribution in [2.75, 3.05) is 32.8 Å². The van der Waals surface area contributed by atoms with Crippen molar-refractivity contribution in [3.05, 3.63) is 22.4 Å². The summed E-state index contributed by atoms with van der Waals surface area (Å²) in [6, 6.07) is 2.92. The van der Waals surface area contributed by atoms with E-state index in [1.165, 1.54) is 24.9 Å². The minimum Gasteiger partial charge on any atom is -0.374 e. The average Bonchev–Trinajstić information content (AvgIpc) is 3.05. The first-order chi connectivity index (χ1) is 8.92. The molecule has 0 radical (unpaired) electrons. The molecule has 2 saturated heterocycles. The lowest BCUT2D eigenvalue weighted by atomic mass is 10.2. The molecule has 0 aromatic carbocycles. The number of ether oxygens (including phenoxy) is 1. The molecule has 2 fully saturated rings. The smallest absolute Gasteiger partial charge is 0.0826 e. The van der Waals surface area contributed by atoms with Crippen LogP contribution < -0.4 is 5.32 Å². The minimum absolute atomic E-state index is 0.391. The van der Waals surface area contributed by atoms with Gasteiger partial charge < -0.3 is 10.1 Å². The van der Waals surface area contributed by atoms with E-state index in [9.17, 15) is 0 Å². The van der Waals surface area contributed by atoms with Gasteiger partial charge in [-0.1, -0.05) is 0 Å². The highest BCUT2D eigenvalue weighted by Gasteiger charge is 2.31. The molecule has 1 aromatic heterocycles. The van der Waals surface area contributed by atoms with E-state index in [-0.39, 0.29) is 0 Å². The Kier molecular flexibility index (Phi) is 4.31. The lowest BCUT2D eigenvalue weighted by molar-refractivity contribution is -0.0468. The molecule has 2 aliphatic rings. The summed E-state index contributed by atoms with van der Waals surface area (Å²) in [5.41, 5.74) is 1.44. The number of rotatable bonds is 5. The van der Waals surface area contributed by atoms with Crippen LogP contribution in [0, 0.1) is 0 Å². The zero-order valence-corrected chi connectivity index (χ0v) is 11.6. The normalized spacial score (nSPS) is 28.4. The SMILES string of the molecule is c1cc(CCNCC2CN3CCCC3CO2)cs1. The van der Waals surface area contributed by atoms with Crippen molar-refractivity contribution >= 4 is 11.3 Å². The molecule has 2 aliphatic heterocycles. The summed E-state index contributed by atoms with van der Waals surface area (Å²) < 4.78 is 5.93.